The Morgan fingerprint density at radius 2 is 1.96 bits per heavy atom. The minimum Gasteiger partial charge on any atom is -0.312 e. The maximum atomic E-state index is 13.0. The molecule has 0 spiro atoms. The highest BCUT2D eigenvalue weighted by Gasteiger charge is 2.43. The zero-order valence-electron chi connectivity index (χ0n) is 12.2. The summed E-state index contributed by atoms with van der Waals surface area (Å²) in [5, 5.41) is 2.58. The lowest BCUT2D eigenvalue weighted by Crippen LogP contribution is -2.33. The van der Waals surface area contributed by atoms with Gasteiger partial charge in [0, 0.05) is 17.0 Å². The first-order valence-electron chi connectivity index (χ1n) is 7.43. The van der Waals surface area contributed by atoms with Crippen molar-refractivity contribution in [2.45, 2.75) is 25.4 Å². The largest absolute Gasteiger partial charge is 0.327 e. The van der Waals surface area contributed by atoms with E-state index in [2.05, 4.69) is 4.98 Å². The first-order valence-corrected chi connectivity index (χ1v) is 8.31. The number of rotatable bonds is 4. The first-order chi connectivity index (χ1) is 11.1. The lowest BCUT2D eigenvalue weighted by atomic mass is 10.2. The average Bonchev–Trinajstić information content (AvgIpc) is 3.22. The van der Waals surface area contributed by atoms with Gasteiger partial charge in [-0.25, -0.2) is 14.2 Å². The minimum atomic E-state index is -0.293. The summed E-state index contributed by atoms with van der Waals surface area (Å²) in [6.45, 7) is 0.372. The molecule has 118 valence electrons. The number of hydrogen-bond acceptors (Lipinski definition) is 4. The van der Waals surface area contributed by atoms with Gasteiger partial charge in [0.2, 0.25) is 0 Å². The molecule has 23 heavy (non-hydrogen) atoms. The van der Waals surface area contributed by atoms with Gasteiger partial charge in [-0.15, -0.1) is 11.3 Å². The molecule has 1 saturated carbocycles. The molecule has 7 heteroatoms. The number of amides is 3. The maximum Gasteiger partial charge on any atom is 0.327 e. The number of nitrogens with zero attached hydrogens (tertiary/aromatic N) is 3. The zero-order valence-corrected chi connectivity index (χ0v) is 13.1. The van der Waals surface area contributed by atoms with E-state index in [0.29, 0.717) is 5.69 Å². The molecule has 0 unspecified atom stereocenters. The van der Waals surface area contributed by atoms with Crippen LogP contribution < -0.4 is 0 Å². The number of carbonyl (C=O) groups is 2. The minimum absolute atomic E-state index is 0.168. The number of urea groups is 1. The fourth-order valence-electron chi connectivity index (χ4n) is 2.65. The van der Waals surface area contributed by atoms with Crippen LogP contribution in [-0.2, 0) is 11.3 Å². The van der Waals surface area contributed by atoms with E-state index in [4.69, 9.17) is 0 Å². The molecule has 3 amide bonds. The van der Waals surface area contributed by atoms with Gasteiger partial charge in [-0.3, -0.25) is 9.69 Å². The molecule has 1 aliphatic heterocycles. The van der Waals surface area contributed by atoms with Crippen molar-refractivity contribution in [2.24, 2.45) is 0 Å². The summed E-state index contributed by atoms with van der Waals surface area (Å²) >= 11 is 1.42. The Kier molecular flexibility index (Phi) is 3.37. The monoisotopic (exact) mass is 331 g/mol. The second-order valence-corrected chi connectivity index (χ2v) is 6.63. The van der Waals surface area contributed by atoms with E-state index < -0.39 is 0 Å². The molecule has 5 nitrogen and oxygen atoms in total. The van der Waals surface area contributed by atoms with Crippen molar-refractivity contribution in [3.8, 4) is 10.6 Å². The summed E-state index contributed by atoms with van der Waals surface area (Å²) in [5.41, 5.74) is 1.50. The van der Waals surface area contributed by atoms with Crippen LogP contribution in [0, 0.1) is 5.82 Å². The summed E-state index contributed by atoms with van der Waals surface area (Å²) in [6.07, 6.45) is 1.97. The lowest BCUT2D eigenvalue weighted by molar-refractivity contribution is -0.125. The van der Waals surface area contributed by atoms with Gasteiger partial charge < -0.3 is 4.90 Å². The van der Waals surface area contributed by atoms with Crippen molar-refractivity contribution >= 4 is 23.3 Å². The standard InChI is InChI=1S/C16H14FN3O2S/c17-11-3-1-10(2-4-11)15-18-12(9-23-15)7-20-14(21)8-19(16(20)22)13-5-6-13/h1-4,9,13H,5-8H2. The van der Waals surface area contributed by atoms with Gasteiger partial charge in [0.05, 0.1) is 12.2 Å². The molecule has 2 aromatic rings. The summed E-state index contributed by atoms with van der Waals surface area (Å²) < 4.78 is 13.0. The summed E-state index contributed by atoms with van der Waals surface area (Å²) in [5.74, 6) is -0.461. The van der Waals surface area contributed by atoms with Crippen LogP contribution in [0.2, 0.25) is 0 Å². The van der Waals surface area contributed by atoms with Gasteiger partial charge in [0.15, 0.2) is 0 Å². The summed E-state index contributed by atoms with van der Waals surface area (Å²) in [6, 6.07) is 6.13. The van der Waals surface area contributed by atoms with Crippen molar-refractivity contribution < 1.29 is 14.0 Å². The second-order valence-electron chi connectivity index (χ2n) is 5.77. The first kappa shape index (κ1) is 14.3. The molecule has 2 fully saturated rings. The lowest BCUT2D eigenvalue weighted by Gasteiger charge is -2.15. The number of hydrogen-bond donors (Lipinski definition) is 0. The van der Waals surface area contributed by atoms with Crippen LogP contribution in [0.25, 0.3) is 10.6 Å². The van der Waals surface area contributed by atoms with Gasteiger partial charge in [-0.2, -0.15) is 0 Å². The Balaban J connectivity index is 1.50. The molecule has 1 aromatic heterocycles. The van der Waals surface area contributed by atoms with Crippen molar-refractivity contribution in [1.29, 1.82) is 0 Å². The highest BCUT2D eigenvalue weighted by molar-refractivity contribution is 7.13. The molecule has 0 N–H and O–H groups in total. The summed E-state index contributed by atoms with van der Waals surface area (Å²) in [7, 11) is 0. The average molecular weight is 331 g/mol. The van der Waals surface area contributed by atoms with E-state index in [1.807, 2.05) is 5.38 Å². The van der Waals surface area contributed by atoms with Gasteiger partial charge >= 0.3 is 6.03 Å². The second kappa shape index (κ2) is 5.42. The van der Waals surface area contributed by atoms with E-state index in [1.165, 1.54) is 28.4 Å². The van der Waals surface area contributed by atoms with Gasteiger partial charge in [-0.1, -0.05) is 0 Å². The highest BCUT2D eigenvalue weighted by atomic mass is 32.1. The zero-order chi connectivity index (χ0) is 16.0. The van der Waals surface area contributed by atoms with Crippen LogP contribution in [0.15, 0.2) is 29.6 Å². The molecule has 2 aliphatic rings. The van der Waals surface area contributed by atoms with Crippen molar-refractivity contribution in [2.75, 3.05) is 6.54 Å². The molecule has 0 atom stereocenters. The molecule has 1 aliphatic carbocycles. The van der Waals surface area contributed by atoms with Crippen LogP contribution >= 0.6 is 11.3 Å². The quantitative estimate of drug-likeness (QED) is 0.810. The number of carbonyl (C=O) groups excluding carboxylic acids is 2. The van der Waals surface area contributed by atoms with E-state index in [-0.39, 0.29) is 36.9 Å². The molecule has 2 heterocycles. The predicted octanol–water partition coefficient (Wildman–Crippen LogP) is 2.88. The Labute approximate surface area is 136 Å². The fourth-order valence-corrected chi connectivity index (χ4v) is 3.47. The van der Waals surface area contributed by atoms with E-state index in [1.54, 1.807) is 17.0 Å². The number of aromatic nitrogens is 1. The van der Waals surface area contributed by atoms with Crippen LogP contribution in [0.1, 0.15) is 18.5 Å². The van der Waals surface area contributed by atoms with Gasteiger partial charge in [0.1, 0.15) is 17.4 Å². The molecule has 0 bridgehead atoms. The SMILES string of the molecule is O=C1CN(C2CC2)C(=O)N1Cc1csc(-c2ccc(F)cc2)n1. The Morgan fingerprint density at radius 1 is 1.22 bits per heavy atom. The highest BCUT2D eigenvalue weighted by Crippen LogP contribution is 2.31. The van der Waals surface area contributed by atoms with Crippen LogP contribution in [0.5, 0.6) is 0 Å². The predicted molar refractivity (Wildman–Crippen MR) is 83.2 cm³/mol. The van der Waals surface area contributed by atoms with Crippen molar-refractivity contribution in [3.63, 3.8) is 0 Å². The molecule has 0 radical (unpaired) electrons. The third-order valence-corrected chi connectivity index (χ3v) is 4.97. The Morgan fingerprint density at radius 3 is 2.65 bits per heavy atom. The molecule has 4 rings (SSSR count). The number of benzene rings is 1. The fraction of sp³-hybridized carbons (Fsp3) is 0.312. The molecule has 1 saturated heterocycles. The number of imide groups is 1. The Hall–Kier alpha value is -2.28. The van der Waals surface area contributed by atoms with Gasteiger partial charge in [0.25, 0.3) is 5.91 Å². The summed E-state index contributed by atoms with van der Waals surface area (Å²) in [4.78, 5) is 31.7. The molecular formula is C16H14FN3O2S. The maximum absolute atomic E-state index is 13.0. The smallest absolute Gasteiger partial charge is 0.312 e. The third kappa shape index (κ3) is 2.72. The van der Waals surface area contributed by atoms with E-state index in [0.717, 1.165) is 23.4 Å². The third-order valence-electron chi connectivity index (χ3n) is 4.03. The van der Waals surface area contributed by atoms with E-state index in [9.17, 15) is 14.0 Å². The molecular weight excluding hydrogens is 317 g/mol. The van der Waals surface area contributed by atoms with Gasteiger partial charge in [-0.05, 0) is 37.1 Å². The Bertz CT molecular complexity index is 770. The van der Waals surface area contributed by atoms with Crippen LogP contribution in [0.3, 0.4) is 0 Å². The molecule has 1 aromatic carbocycles. The van der Waals surface area contributed by atoms with E-state index >= 15 is 0 Å². The number of halogens is 1. The topological polar surface area (TPSA) is 53.5 Å². The number of thiazole rings is 1. The van der Waals surface area contributed by atoms with Crippen LogP contribution in [-0.4, -0.2) is 39.3 Å². The van der Waals surface area contributed by atoms with Crippen molar-refractivity contribution in [3.05, 3.63) is 41.2 Å². The normalized spacial score (nSPS) is 18.1. The van der Waals surface area contributed by atoms with Crippen molar-refractivity contribution in [1.82, 2.24) is 14.8 Å². The van der Waals surface area contributed by atoms with Crippen LogP contribution in [0.4, 0.5) is 9.18 Å².